The van der Waals surface area contributed by atoms with E-state index in [0.29, 0.717) is 26.2 Å². The Hall–Kier alpha value is -1.30. The van der Waals surface area contributed by atoms with Crippen LogP contribution >= 0.6 is 0 Å². The number of hydrogen-bond acceptors (Lipinski definition) is 3. The van der Waals surface area contributed by atoms with Crippen molar-refractivity contribution in [3.63, 3.8) is 0 Å². The lowest BCUT2D eigenvalue weighted by molar-refractivity contribution is -0.137. The van der Waals surface area contributed by atoms with E-state index in [1.165, 1.54) is 0 Å². The first-order valence-electron chi connectivity index (χ1n) is 7.31. The molecule has 0 unspecified atom stereocenters. The number of carbonyl (C=O) groups is 2. The molecule has 1 heterocycles. The standard InChI is InChI=1S/C14H27N3O3/c1-4-14(2,3)11-15-13(20)17-9-7-16(8-10-17)6-5-12(18)19/h4-11H2,1-3H3,(H,15,20)(H,18,19). The molecule has 1 rings (SSSR count). The second-order valence-electron chi connectivity index (χ2n) is 6.15. The van der Waals surface area contributed by atoms with Crippen LogP contribution in [0.4, 0.5) is 4.79 Å². The summed E-state index contributed by atoms with van der Waals surface area (Å²) < 4.78 is 0. The minimum Gasteiger partial charge on any atom is -0.481 e. The fourth-order valence-electron chi connectivity index (χ4n) is 1.98. The number of carboxylic acids is 1. The van der Waals surface area contributed by atoms with Gasteiger partial charge < -0.3 is 15.3 Å². The lowest BCUT2D eigenvalue weighted by atomic mass is 9.90. The zero-order valence-electron chi connectivity index (χ0n) is 12.8. The molecule has 2 amide bonds. The first-order chi connectivity index (χ1) is 9.34. The molecular weight excluding hydrogens is 258 g/mol. The minimum absolute atomic E-state index is 0.00981. The Kier molecular flexibility index (Phi) is 6.26. The Bertz CT molecular complexity index is 337. The summed E-state index contributed by atoms with van der Waals surface area (Å²) in [6.07, 6.45) is 1.19. The van der Waals surface area contributed by atoms with Gasteiger partial charge in [-0.25, -0.2) is 4.79 Å². The highest BCUT2D eigenvalue weighted by Crippen LogP contribution is 2.17. The number of rotatable bonds is 6. The van der Waals surface area contributed by atoms with E-state index in [-0.39, 0.29) is 17.9 Å². The molecule has 0 saturated carbocycles. The molecule has 6 nitrogen and oxygen atoms in total. The summed E-state index contributed by atoms with van der Waals surface area (Å²) in [5.74, 6) is -0.771. The molecule has 2 N–H and O–H groups in total. The van der Waals surface area contributed by atoms with Crippen molar-refractivity contribution < 1.29 is 14.7 Å². The van der Waals surface area contributed by atoms with Crippen molar-refractivity contribution in [3.05, 3.63) is 0 Å². The number of piperazine rings is 1. The molecular formula is C14H27N3O3. The van der Waals surface area contributed by atoms with E-state index in [0.717, 1.165) is 19.5 Å². The Morgan fingerprint density at radius 1 is 1.20 bits per heavy atom. The van der Waals surface area contributed by atoms with Gasteiger partial charge in [-0.3, -0.25) is 9.69 Å². The first kappa shape index (κ1) is 16.8. The third kappa shape index (κ3) is 5.77. The van der Waals surface area contributed by atoms with Gasteiger partial charge in [-0.15, -0.1) is 0 Å². The molecule has 0 bridgehead atoms. The fourth-order valence-corrected chi connectivity index (χ4v) is 1.98. The molecule has 1 saturated heterocycles. The maximum absolute atomic E-state index is 12.0. The quantitative estimate of drug-likeness (QED) is 0.770. The molecule has 116 valence electrons. The molecule has 0 aromatic rings. The van der Waals surface area contributed by atoms with Crippen molar-refractivity contribution in [2.45, 2.75) is 33.6 Å². The molecule has 0 radical (unpaired) electrons. The van der Waals surface area contributed by atoms with E-state index >= 15 is 0 Å². The van der Waals surface area contributed by atoms with Gasteiger partial charge in [-0.05, 0) is 11.8 Å². The maximum Gasteiger partial charge on any atom is 0.317 e. The molecule has 6 heteroatoms. The van der Waals surface area contributed by atoms with Crippen LogP contribution in [0.2, 0.25) is 0 Å². The number of amides is 2. The van der Waals surface area contributed by atoms with Gasteiger partial charge in [0.15, 0.2) is 0 Å². The van der Waals surface area contributed by atoms with Crippen molar-refractivity contribution >= 4 is 12.0 Å². The minimum atomic E-state index is -0.771. The molecule has 0 aromatic heterocycles. The largest absolute Gasteiger partial charge is 0.481 e. The summed E-state index contributed by atoms with van der Waals surface area (Å²) in [5, 5.41) is 11.6. The van der Waals surface area contributed by atoms with Gasteiger partial charge in [0.2, 0.25) is 0 Å². The van der Waals surface area contributed by atoms with Crippen LogP contribution in [0.15, 0.2) is 0 Å². The number of urea groups is 1. The van der Waals surface area contributed by atoms with E-state index < -0.39 is 5.97 Å². The van der Waals surface area contributed by atoms with Gasteiger partial charge in [-0.2, -0.15) is 0 Å². The second-order valence-corrected chi connectivity index (χ2v) is 6.15. The van der Waals surface area contributed by atoms with Crippen molar-refractivity contribution in [2.24, 2.45) is 5.41 Å². The Labute approximate surface area is 121 Å². The van der Waals surface area contributed by atoms with Crippen molar-refractivity contribution in [1.82, 2.24) is 15.1 Å². The van der Waals surface area contributed by atoms with Gasteiger partial charge in [0.25, 0.3) is 0 Å². The summed E-state index contributed by atoms with van der Waals surface area (Å²) in [6, 6.07) is -0.00981. The van der Waals surface area contributed by atoms with Gasteiger partial charge in [0, 0.05) is 39.3 Å². The van der Waals surface area contributed by atoms with E-state index in [9.17, 15) is 9.59 Å². The number of carbonyl (C=O) groups excluding carboxylic acids is 1. The van der Waals surface area contributed by atoms with Gasteiger partial charge in [0.1, 0.15) is 0 Å². The molecule has 0 atom stereocenters. The third-order valence-corrected chi connectivity index (χ3v) is 3.98. The first-order valence-corrected chi connectivity index (χ1v) is 7.31. The van der Waals surface area contributed by atoms with E-state index in [2.05, 4.69) is 31.0 Å². The monoisotopic (exact) mass is 285 g/mol. The lowest BCUT2D eigenvalue weighted by Crippen LogP contribution is -2.53. The lowest BCUT2D eigenvalue weighted by Gasteiger charge is -2.35. The predicted octanol–water partition coefficient (Wildman–Crippen LogP) is 1.22. The number of nitrogens with one attached hydrogen (secondary N) is 1. The van der Waals surface area contributed by atoms with Gasteiger partial charge in [-0.1, -0.05) is 20.8 Å². The molecule has 0 aliphatic carbocycles. The normalized spacial score (nSPS) is 17.1. The van der Waals surface area contributed by atoms with Gasteiger partial charge >= 0.3 is 12.0 Å². The van der Waals surface area contributed by atoms with Crippen LogP contribution in [-0.4, -0.2) is 66.2 Å². The van der Waals surface area contributed by atoms with Crippen LogP contribution in [0.25, 0.3) is 0 Å². The Morgan fingerprint density at radius 2 is 1.80 bits per heavy atom. The summed E-state index contributed by atoms with van der Waals surface area (Å²) in [4.78, 5) is 26.5. The third-order valence-electron chi connectivity index (χ3n) is 3.98. The van der Waals surface area contributed by atoms with Crippen LogP contribution in [0.3, 0.4) is 0 Å². The van der Waals surface area contributed by atoms with Gasteiger partial charge in [0.05, 0.1) is 6.42 Å². The Morgan fingerprint density at radius 3 is 2.30 bits per heavy atom. The van der Waals surface area contributed by atoms with Crippen LogP contribution < -0.4 is 5.32 Å². The second kappa shape index (κ2) is 7.47. The summed E-state index contributed by atoms with van der Waals surface area (Å²) in [7, 11) is 0. The summed E-state index contributed by atoms with van der Waals surface area (Å²) >= 11 is 0. The zero-order valence-corrected chi connectivity index (χ0v) is 12.8. The van der Waals surface area contributed by atoms with E-state index in [1.54, 1.807) is 0 Å². The van der Waals surface area contributed by atoms with Crippen molar-refractivity contribution in [1.29, 1.82) is 0 Å². The number of aliphatic carboxylic acids is 1. The topological polar surface area (TPSA) is 72.9 Å². The van der Waals surface area contributed by atoms with Crippen LogP contribution in [0.1, 0.15) is 33.6 Å². The average molecular weight is 285 g/mol. The van der Waals surface area contributed by atoms with E-state index in [4.69, 9.17) is 5.11 Å². The highest BCUT2D eigenvalue weighted by molar-refractivity contribution is 5.74. The highest BCUT2D eigenvalue weighted by atomic mass is 16.4. The Balaban J connectivity index is 2.27. The van der Waals surface area contributed by atoms with Crippen molar-refractivity contribution in [2.75, 3.05) is 39.3 Å². The smallest absolute Gasteiger partial charge is 0.317 e. The molecule has 1 fully saturated rings. The molecule has 1 aliphatic heterocycles. The van der Waals surface area contributed by atoms with Crippen molar-refractivity contribution in [3.8, 4) is 0 Å². The number of nitrogens with zero attached hydrogens (tertiary/aromatic N) is 2. The summed E-state index contributed by atoms with van der Waals surface area (Å²) in [6.45, 7) is 10.5. The molecule has 1 aliphatic rings. The van der Waals surface area contributed by atoms with Crippen LogP contribution in [0, 0.1) is 5.41 Å². The SMILES string of the molecule is CCC(C)(C)CNC(=O)N1CCN(CCC(=O)O)CC1. The van der Waals surface area contributed by atoms with Crippen LogP contribution in [0.5, 0.6) is 0 Å². The van der Waals surface area contributed by atoms with E-state index in [1.807, 2.05) is 4.90 Å². The average Bonchev–Trinajstić information content (AvgIpc) is 2.43. The predicted molar refractivity (Wildman–Crippen MR) is 77.7 cm³/mol. The molecule has 0 spiro atoms. The summed E-state index contributed by atoms with van der Waals surface area (Å²) in [5.41, 5.74) is 0.124. The highest BCUT2D eigenvalue weighted by Gasteiger charge is 2.23. The maximum atomic E-state index is 12.0. The number of carboxylic acid groups (broad SMARTS) is 1. The zero-order chi connectivity index (χ0) is 15.2. The molecule has 20 heavy (non-hydrogen) atoms. The van der Waals surface area contributed by atoms with Crippen LogP contribution in [-0.2, 0) is 4.79 Å². The fraction of sp³-hybridized carbons (Fsp3) is 0.857. The molecule has 0 aromatic carbocycles. The number of hydrogen-bond donors (Lipinski definition) is 2.